The van der Waals surface area contributed by atoms with Crippen molar-refractivity contribution < 1.29 is 14.3 Å². The third-order valence-corrected chi connectivity index (χ3v) is 4.10. The Morgan fingerprint density at radius 1 is 1.50 bits per heavy atom. The monoisotopic (exact) mass is 293 g/mol. The van der Waals surface area contributed by atoms with E-state index in [1.54, 1.807) is 25.1 Å². The zero-order chi connectivity index (χ0) is 14.3. The van der Waals surface area contributed by atoms with Gasteiger partial charge < -0.3 is 10.1 Å². The summed E-state index contributed by atoms with van der Waals surface area (Å²) in [5, 5.41) is 3.43. The number of amides is 1. The first-order valence-electron chi connectivity index (χ1n) is 6.78. The number of cyclic esters (lactones) is 1. The quantitative estimate of drug-likeness (QED) is 0.870. The van der Waals surface area contributed by atoms with Crippen molar-refractivity contribution in [3.8, 4) is 0 Å². The molecule has 1 saturated carbocycles. The summed E-state index contributed by atoms with van der Waals surface area (Å²) < 4.78 is 5.36. The van der Waals surface area contributed by atoms with E-state index in [0.717, 1.165) is 18.4 Å². The number of carbonyl (C=O) groups excluding carboxylic acids is 2. The molecule has 2 aliphatic rings. The summed E-state index contributed by atoms with van der Waals surface area (Å²) in [6.07, 6.45) is 2.68. The summed E-state index contributed by atoms with van der Waals surface area (Å²) in [6.45, 7) is 2.31. The van der Waals surface area contributed by atoms with Crippen LogP contribution < -0.4 is 5.32 Å². The van der Waals surface area contributed by atoms with Crippen molar-refractivity contribution in [1.82, 2.24) is 5.32 Å². The molecule has 0 radical (unpaired) electrons. The van der Waals surface area contributed by atoms with Gasteiger partial charge in [0.2, 0.25) is 0 Å². The number of ether oxygens (including phenoxy) is 1. The highest BCUT2D eigenvalue weighted by atomic mass is 35.5. The molecule has 0 saturated heterocycles. The first-order chi connectivity index (χ1) is 9.48. The second-order valence-electron chi connectivity index (χ2n) is 5.75. The molecule has 1 aromatic carbocycles. The van der Waals surface area contributed by atoms with Gasteiger partial charge in [0, 0.05) is 18.0 Å². The molecule has 0 spiro atoms. The van der Waals surface area contributed by atoms with E-state index < -0.39 is 11.6 Å². The zero-order valence-corrected chi connectivity index (χ0v) is 12.0. The molecule has 1 aliphatic carbocycles. The number of hydrogen-bond acceptors (Lipinski definition) is 3. The van der Waals surface area contributed by atoms with Crippen LogP contribution in [0.2, 0.25) is 5.02 Å². The van der Waals surface area contributed by atoms with Crippen molar-refractivity contribution in [1.29, 1.82) is 0 Å². The van der Waals surface area contributed by atoms with E-state index in [9.17, 15) is 9.59 Å². The normalized spacial score (nSPS) is 24.8. The lowest BCUT2D eigenvalue weighted by molar-refractivity contribution is -0.139. The van der Waals surface area contributed by atoms with Crippen molar-refractivity contribution in [2.45, 2.75) is 31.8 Å². The van der Waals surface area contributed by atoms with Crippen molar-refractivity contribution >= 4 is 23.5 Å². The van der Waals surface area contributed by atoms with Gasteiger partial charge >= 0.3 is 5.97 Å². The number of hydrogen-bond donors (Lipinski definition) is 1. The number of halogens is 1. The molecule has 0 aromatic heterocycles. The lowest BCUT2D eigenvalue weighted by Gasteiger charge is -2.33. The van der Waals surface area contributed by atoms with Gasteiger partial charge in [0.15, 0.2) is 5.60 Å². The van der Waals surface area contributed by atoms with E-state index in [1.807, 2.05) is 0 Å². The molecular weight excluding hydrogens is 278 g/mol. The van der Waals surface area contributed by atoms with Crippen LogP contribution in [0.15, 0.2) is 18.2 Å². The first-order valence-corrected chi connectivity index (χ1v) is 7.16. The van der Waals surface area contributed by atoms with E-state index in [0.29, 0.717) is 29.5 Å². The number of fused-ring (bicyclic) bond motifs is 1. The minimum absolute atomic E-state index is 0.233. The molecule has 1 fully saturated rings. The van der Waals surface area contributed by atoms with Gasteiger partial charge in [-0.25, -0.2) is 4.79 Å². The van der Waals surface area contributed by atoms with Crippen molar-refractivity contribution in [2.24, 2.45) is 5.92 Å². The fourth-order valence-electron chi connectivity index (χ4n) is 2.44. The Hall–Kier alpha value is -1.55. The molecule has 4 nitrogen and oxygen atoms in total. The van der Waals surface area contributed by atoms with E-state index in [2.05, 4.69) is 5.32 Å². The first kappa shape index (κ1) is 13.4. The minimum Gasteiger partial charge on any atom is -0.445 e. The van der Waals surface area contributed by atoms with Crippen LogP contribution in [-0.4, -0.2) is 24.0 Å². The Labute approximate surface area is 122 Å². The van der Waals surface area contributed by atoms with Gasteiger partial charge in [-0.3, -0.25) is 4.79 Å². The van der Waals surface area contributed by atoms with Gasteiger partial charge in [-0.2, -0.15) is 0 Å². The van der Waals surface area contributed by atoms with Crippen molar-refractivity contribution in [3.63, 3.8) is 0 Å². The van der Waals surface area contributed by atoms with E-state index in [-0.39, 0.29) is 5.91 Å². The van der Waals surface area contributed by atoms with Gasteiger partial charge in [0.05, 0.1) is 5.56 Å². The predicted octanol–water partition coefficient (Wildman–Crippen LogP) is 2.34. The molecule has 1 unspecified atom stereocenters. The van der Waals surface area contributed by atoms with Crippen LogP contribution in [0, 0.1) is 5.92 Å². The highest BCUT2D eigenvalue weighted by Crippen LogP contribution is 2.31. The van der Waals surface area contributed by atoms with Crippen LogP contribution in [0.25, 0.3) is 0 Å². The number of nitrogens with one attached hydrogen (secondary N) is 1. The van der Waals surface area contributed by atoms with Crippen LogP contribution in [-0.2, 0) is 16.0 Å². The molecule has 1 amide bonds. The molecule has 1 N–H and O–H groups in total. The SMILES string of the molecule is CC1(C(=O)NCC2CC2)Cc2cc(Cl)ccc2C(=O)O1. The van der Waals surface area contributed by atoms with Crippen molar-refractivity contribution in [2.75, 3.05) is 6.54 Å². The highest BCUT2D eigenvalue weighted by Gasteiger charge is 2.43. The number of esters is 1. The minimum atomic E-state index is -1.15. The molecule has 20 heavy (non-hydrogen) atoms. The Bertz CT molecular complexity index is 582. The van der Waals surface area contributed by atoms with Crippen molar-refractivity contribution in [3.05, 3.63) is 34.3 Å². The van der Waals surface area contributed by atoms with Crippen LogP contribution in [0.3, 0.4) is 0 Å². The average Bonchev–Trinajstić information content (AvgIpc) is 3.19. The standard InChI is InChI=1S/C15H16ClNO3/c1-15(14(19)17-8-9-2-3-9)7-10-6-11(16)4-5-12(10)13(18)20-15/h4-6,9H,2-3,7-8H2,1H3,(H,17,19). The van der Waals surface area contributed by atoms with E-state index in [4.69, 9.17) is 16.3 Å². The summed E-state index contributed by atoms with van der Waals surface area (Å²) >= 11 is 5.96. The maximum absolute atomic E-state index is 12.3. The fourth-order valence-corrected chi connectivity index (χ4v) is 2.63. The van der Waals surface area contributed by atoms with Crippen LogP contribution >= 0.6 is 11.6 Å². The zero-order valence-electron chi connectivity index (χ0n) is 11.2. The fraction of sp³-hybridized carbons (Fsp3) is 0.467. The summed E-state index contributed by atoms with van der Waals surface area (Å²) in [6, 6.07) is 5.02. The van der Waals surface area contributed by atoms with Gasteiger partial charge in [-0.1, -0.05) is 11.6 Å². The second kappa shape index (κ2) is 4.77. The Balaban J connectivity index is 1.80. The number of rotatable bonds is 3. The van der Waals surface area contributed by atoms with E-state index >= 15 is 0 Å². The Morgan fingerprint density at radius 3 is 2.95 bits per heavy atom. The summed E-state index contributed by atoms with van der Waals surface area (Å²) in [5.41, 5.74) is 0.101. The lowest BCUT2D eigenvalue weighted by Crippen LogP contribution is -2.52. The highest BCUT2D eigenvalue weighted by molar-refractivity contribution is 6.30. The van der Waals surface area contributed by atoms with Crippen LogP contribution in [0.1, 0.15) is 35.7 Å². The molecule has 1 atom stereocenters. The molecule has 1 heterocycles. The summed E-state index contributed by atoms with van der Waals surface area (Å²) in [5.74, 6) is -0.112. The van der Waals surface area contributed by atoms with Crippen LogP contribution in [0.5, 0.6) is 0 Å². The van der Waals surface area contributed by atoms with Gasteiger partial charge in [0.1, 0.15) is 0 Å². The van der Waals surface area contributed by atoms with Gasteiger partial charge in [0.25, 0.3) is 5.91 Å². The predicted molar refractivity (Wildman–Crippen MR) is 74.7 cm³/mol. The molecule has 1 aliphatic heterocycles. The Morgan fingerprint density at radius 2 is 2.25 bits per heavy atom. The van der Waals surface area contributed by atoms with Crippen LogP contribution in [0.4, 0.5) is 0 Å². The molecule has 3 rings (SSSR count). The maximum atomic E-state index is 12.3. The molecule has 106 valence electrons. The number of carbonyl (C=O) groups is 2. The smallest absolute Gasteiger partial charge is 0.339 e. The third-order valence-electron chi connectivity index (χ3n) is 3.86. The summed E-state index contributed by atoms with van der Waals surface area (Å²) in [4.78, 5) is 24.3. The van der Waals surface area contributed by atoms with E-state index in [1.165, 1.54) is 0 Å². The van der Waals surface area contributed by atoms with Gasteiger partial charge in [-0.15, -0.1) is 0 Å². The maximum Gasteiger partial charge on any atom is 0.339 e. The summed E-state index contributed by atoms with van der Waals surface area (Å²) in [7, 11) is 0. The second-order valence-corrected chi connectivity index (χ2v) is 6.19. The third kappa shape index (κ3) is 2.52. The molecular formula is C15H16ClNO3. The molecule has 1 aromatic rings. The molecule has 5 heteroatoms. The van der Waals surface area contributed by atoms with Gasteiger partial charge in [-0.05, 0) is 49.4 Å². The number of benzene rings is 1. The average molecular weight is 294 g/mol. The topological polar surface area (TPSA) is 55.4 Å². The largest absolute Gasteiger partial charge is 0.445 e. The lowest BCUT2D eigenvalue weighted by atomic mass is 9.89. The molecule has 0 bridgehead atoms. The Kier molecular flexibility index (Phi) is 3.21.